The van der Waals surface area contributed by atoms with Gasteiger partial charge in [-0.05, 0) is 39.5 Å². The SMILES string of the molecule is CC(C)(C)[Si](OCc1ccc(N2CCCN(CC(=O)O)C2=O)cc1)(c1ccccc1)c1ccccc1. The number of hydrogen-bond donors (Lipinski definition) is 1. The fourth-order valence-electron chi connectivity index (χ4n) is 5.06. The molecule has 1 saturated heterocycles. The van der Waals surface area contributed by atoms with Gasteiger partial charge in [0.25, 0.3) is 8.32 Å². The molecule has 36 heavy (non-hydrogen) atoms. The maximum atomic E-state index is 12.8. The molecule has 0 bridgehead atoms. The first-order valence-electron chi connectivity index (χ1n) is 12.3. The molecule has 0 saturated carbocycles. The molecule has 3 aromatic rings. The molecule has 1 heterocycles. The van der Waals surface area contributed by atoms with E-state index in [9.17, 15) is 9.59 Å². The van der Waals surface area contributed by atoms with Crippen LogP contribution in [0, 0.1) is 0 Å². The lowest BCUT2D eigenvalue weighted by Crippen LogP contribution is -2.66. The topological polar surface area (TPSA) is 70.1 Å². The van der Waals surface area contributed by atoms with Crippen molar-refractivity contribution in [1.29, 1.82) is 0 Å². The largest absolute Gasteiger partial charge is 0.480 e. The van der Waals surface area contributed by atoms with Crippen LogP contribution >= 0.6 is 0 Å². The number of carboxylic acids is 1. The summed E-state index contributed by atoms with van der Waals surface area (Å²) in [6.45, 7) is 7.98. The first kappa shape index (κ1) is 25.7. The fourth-order valence-corrected chi connectivity index (χ4v) is 9.60. The Morgan fingerprint density at radius 3 is 1.94 bits per heavy atom. The Labute approximate surface area is 214 Å². The smallest absolute Gasteiger partial charge is 0.325 e. The molecular formula is C29H34N2O4Si. The summed E-state index contributed by atoms with van der Waals surface area (Å²) in [5.74, 6) is -0.999. The summed E-state index contributed by atoms with van der Waals surface area (Å²) in [6.07, 6.45) is 0.734. The average Bonchev–Trinajstić information content (AvgIpc) is 2.86. The minimum atomic E-state index is -2.64. The first-order valence-corrected chi connectivity index (χ1v) is 14.3. The number of hydrogen-bond acceptors (Lipinski definition) is 3. The Bertz CT molecular complexity index is 1140. The van der Waals surface area contributed by atoms with E-state index in [2.05, 4.69) is 69.3 Å². The predicted molar refractivity (Wildman–Crippen MR) is 145 cm³/mol. The van der Waals surface area contributed by atoms with Crippen molar-refractivity contribution in [3.63, 3.8) is 0 Å². The molecule has 0 aliphatic carbocycles. The van der Waals surface area contributed by atoms with Gasteiger partial charge < -0.3 is 14.4 Å². The lowest BCUT2D eigenvalue weighted by Gasteiger charge is -2.43. The zero-order valence-corrected chi connectivity index (χ0v) is 22.2. The Kier molecular flexibility index (Phi) is 7.61. The summed E-state index contributed by atoms with van der Waals surface area (Å²) < 4.78 is 7.00. The van der Waals surface area contributed by atoms with Crippen molar-refractivity contribution in [3.8, 4) is 0 Å². The molecule has 0 aromatic heterocycles. The van der Waals surface area contributed by atoms with E-state index in [1.54, 1.807) is 4.90 Å². The Hall–Kier alpha value is -3.42. The van der Waals surface area contributed by atoms with Crippen molar-refractivity contribution in [3.05, 3.63) is 90.5 Å². The highest BCUT2D eigenvalue weighted by Crippen LogP contribution is 2.37. The quantitative estimate of drug-likeness (QED) is 0.461. The summed E-state index contributed by atoms with van der Waals surface area (Å²) in [7, 11) is -2.64. The molecule has 1 fully saturated rings. The maximum absolute atomic E-state index is 12.8. The number of anilines is 1. The van der Waals surface area contributed by atoms with Gasteiger partial charge in [0, 0.05) is 18.8 Å². The second kappa shape index (κ2) is 10.7. The van der Waals surface area contributed by atoms with Crippen LogP contribution in [0.15, 0.2) is 84.9 Å². The second-order valence-corrected chi connectivity index (χ2v) is 14.5. The van der Waals surface area contributed by atoms with Crippen molar-refractivity contribution in [2.75, 3.05) is 24.5 Å². The van der Waals surface area contributed by atoms with E-state index in [0.29, 0.717) is 19.7 Å². The van der Waals surface area contributed by atoms with Crippen LogP contribution in [0.1, 0.15) is 32.8 Å². The van der Waals surface area contributed by atoms with Gasteiger partial charge in [-0.2, -0.15) is 0 Å². The third-order valence-electron chi connectivity index (χ3n) is 6.76. The summed E-state index contributed by atoms with van der Waals surface area (Å²) >= 11 is 0. The molecule has 2 amide bonds. The predicted octanol–water partition coefficient (Wildman–Crippen LogP) is 4.48. The summed E-state index contributed by atoms with van der Waals surface area (Å²) in [4.78, 5) is 26.9. The van der Waals surface area contributed by atoms with Crippen LogP contribution in [0.2, 0.25) is 5.04 Å². The van der Waals surface area contributed by atoms with Crippen molar-refractivity contribution < 1.29 is 19.1 Å². The Morgan fingerprint density at radius 1 is 0.889 bits per heavy atom. The molecule has 0 atom stereocenters. The summed E-state index contributed by atoms with van der Waals surface area (Å²) in [5, 5.41) is 11.5. The Balaban J connectivity index is 1.59. The number of nitrogens with zero attached hydrogens (tertiary/aromatic N) is 2. The van der Waals surface area contributed by atoms with E-state index >= 15 is 0 Å². The van der Waals surface area contributed by atoms with Crippen LogP contribution in [-0.2, 0) is 15.8 Å². The zero-order valence-electron chi connectivity index (χ0n) is 21.2. The lowest BCUT2D eigenvalue weighted by molar-refractivity contribution is -0.137. The van der Waals surface area contributed by atoms with Gasteiger partial charge in [0.1, 0.15) is 6.54 Å². The van der Waals surface area contributed by atoms with Gasteiger partial charge in [0.2, 0.25) is 0 Å². The van der Waals surface area contributed by atoms with E-state index in [4.69, 9.17) is 9.53 Å². The standard InChI is InChI=1S/C29H34N2O4Si/c1-29(2,3)36(25-11-6-4-7-12-25,26-13-8-5-9-14-26)35-22-23-15-17-24(18-16-23)31-20-10-19-30(28(31)34)21-27(32)33/h4-9,11-18H,10,19-22H2,1-3H3,(H,32,33). The van der Waals surface area contributed by atoms with Gasteiger partial charge >= 0.3 is 12.0 Å². The molecule has 0 unspecified atom stereocenters. The van der Waals surface area contributed by atoms with Gasteiger partial charge in [-0.25, -0.2) is 4.79 Å². The van der Waals surface area contributed by atoms with Gasteiger partial charge in [0.15, 0.2) is 0 Å². The number of aliphatic carboxylic acids is 1. The Morgan fingerprint density at radius 2 is 1.44 bits per heavy atom. The minimum Gasteiger partial charge on any atom is -0.480 e. The van der Waals surface area contributed by atoms with E-state index in [1.807, 2.05) is 36.4 Å². The van der Waals surface area contributed by atoms with Crippen LogP contribution in [0.5, 0.6) is 0 Å². The molecule has 0 spiro atoms. The van der Waals surface area contributed by atoms with Crippen LogP contribution in [0.4, 0.5) is 10.5 Å². The normalized spacial score (nSPS) is 14.7. The third kappa shape index (κ3) is 5.22. The third-order valence-corrected chi connectivity index (χ3v) is 11.7. The van der Waals surface area contributed by atoms with Gasteiger partial charge in [-0.3, -0.25) is 9.69 Å². The molecule has 4 rings (SSSR count). The number of carbonyl (C=O) groups is 2. The highest BCUT2D eigenvalue weighted by molar-refractivity contribution is 6.99. The fraction of sp³-hybridized carbons (Fsp3) is 0.310. The molecule has 1 N–H and O–H groups in total. The molecule has 7 heteroatoms. The van der Waals surface area contributed by atoms with Crippen molar-refractivity contribution in [2.24, 2.45) is 0 Å². The van der Waals surface area contributed by atoms with Crippen LogP contribution < -0.4 is 15.3 Å². The molecule has 1 aliphatic rings. The lowest BCUT2D eigenvalue weighted by atomic mass is 10.2. The van der Waals surface area contributed by atoms with Gasteiger partial charge in [-0.1, -0.05) is 93.6 Å². The molecule has 1 aliphatic heterocycles. The number of carbonyl (C=O) groups excluding carboxylic acids is 1. The number of amides is 2. The highest BCUT2D eigenvalue weighted by Gasteiger charge is 2.50. The molecular weight excluding hydrogens is 468 g/mol. The van der Waals surface area contributed by atoms with Gasteiger partial charge in [-0.15, -0.1) is 0 Å². The molecule has 3 aromatic carbocycles. The molecule has 6 nitrogen and oxygen atoms in total. The summed E-state index contributed by atoms with van der Waals surface area (Å²) in [5.41, 5.74) is 1.79. The second-order valence-electron chi connectivity index (χ2n) is 10.2. The minimum absolute atomic E-state index is 0.108. The zero-order chi connectivity index (χ0) is 25.8. The maximum Gasteiger partial charge on any atom is 0.325 e. The van der Waals surface area contributed by atoms with Crippen molar-refractivity contribution in [2.45, 2.75) is 38.8 Å². The van der Waals surface area contributed by atoms with Crippen LogP contribution in [-0.4, -0.2) is 50.0 Å². The van der Waals surface area contributed by atoms with Crippen LogP contribution in [0.25, 0.3) is 0 Å². The number of urea groups is 1. The van der Waals surface area contributed by atoms with E-state index in [0.717, 1.165) is 17.7 Å². The number of carboxylic acid groups (broad SMARTS) is 1. The first-order chi connectivity index (χ1) is 17.2. The summed E-state index contributed by atoms with van der Waals surface area (Å²) in [6, 6.07) is 28.7. The van der Waals surface area contributed by atoms with Crippen molar-refractivity contribution >= 4 is 36.4 Å². The van der Waals surface area contributed by atoms with Gasteiger partial charge in [0.05, 0.1) is 6.61 Å². The number of benzene rings is 3. The van der Waals surface area contributed by atoms with E-state index < -0.39 is 14.3 Å². The molecule has 0 radical (unpaired) electrons. The monoisotopic (exact) mass is 502 g/mol. The van der Waals surface area contributed by atoms with Crippen molar-refractivity contribution in [1.82, 2.24) is 4.90 Å². The molecule has 188 valence electrons. The van der Waals surface area contributed by atoms with Crippen LogP contribution in [0.3, 0.4) is 0 Å². The average molecular weight is 503 g/mol. The van der Waals surface area contributed by atoms with E-state index in [1.165, 1.54) is 15.3 Å². The highest BCUT2D eigenvalue weighted by atomic mass is 28.4. The number of rotatable bonds is 8. The van der Waals surface area contributed by atoms with E-state index in [-0.39, 0.29) is 17.6 Å².